The summed E-state index contributed by atoms with van der Waals surface area (Å²) in [6.45, 7) is 7.26. The van der Waals surface area contributed by atoms with Gasteiger partial charge in [-0.05, 0) is 31.6 Å². The van der Waals surface area contributed by atoms with E-state index < -0.39 is 0 Å². The van der Waals surface area contributed by atoms with Gasteiger partial charge in [-0.15, -0.1) is 0 Å². The molecule has 1 saturated heterocycles. The molecule has 2 atom stereocenters. The minimum Gasteiger partial charge on any atom is -0.338 e. The second kappa shape index (κ2) is 5.50. The Labute approximate surface area is 93.0 Å². The minimum absolute atomic E-state index is 0.160. The maximum atomic E-state index is 12.1. The van der Waals surface area contributed by atoms with Crippen molar-refractivity contribution >= 4 is 5.91 Å². The Morgan fingerprint density at radius 3 is 2.73 bits per heavy atom. The summed E-state index contributed by atoms with van der Waals surface area (Å²) in [5, 5.41) is 0. The monoisotopic (exact) mass is 212 g/mol. The molecule has 3 heteroatoms. The molecule has 0 bridgehead atoms. The zero-order chi connectivity index (χ0) is 11.4. The molecule has 0 saturated carbocycles. The smallest absolute Gasteiger partial charge is 0.239 e. The fourth-order valence-corrected chi connectivity index (χ4v) is 2.37. The highest BCUT2D eigenvalue weighted by Crippen LogP contribution is 2.21. The lowest BCUT2D eigenvalue weighted by Gasteiger charge is -2.27. The van der Waals surface area contributed by atoms with Gasteiger partial charge in [0, 0.05) is 12.6 Å². The summed E-state index contributed by atoms with van der Waals surface area (Å²) in [5.74, 6) is 0.652. The first-order valence-electron chi connectivity index (χ1n) is 6.12. The molecule has 1 rings (SSSR count). The standard InChI is InChI=1S/C12H24N2O/c1-4-10-6-5-7-14(10)12(15)11(13)8-9(2)3/h9-11H,4-8,13H2,1-3H3/t10?,11-/m0/s1. The number of rotatable bonds is 4. The Morgan fingerprint density at radius 1 is 1.53 bits per heavy atom. The van der Waals surface area contributed by atoms with Crippen molar-refractivity contribution in [3.63, 3.8) is 0 Å². The SMILES string of the molecule is CCC1CCCN1C(=O)[C@@H](N)CC(C)C. The van der Waals surface area contributed by atoms with Gasteiger partial charge >= 0.3 is 0 Å². The zero-order valence-electron chi connectivity index (χ0n) is 10.2. The normalized spacial score (nSPS) is 23.5. The molecule has 0 aromatic carbocycles. The second-order valence-corrected chi connectivity index (χ2v) is 4.97. The molecule has 0 aromatic rings. The molecule has 3 nitrogen and oxygen atoms in total. The van der Waals surface area contributed by atoms with E-state index in [1.54, 1.807) is 0 Å². The van der Waals surface area contributed by atoms with E-state index in [0.717, 1.165) is 32.2 Å². The predicted molar refractivity (Wildman–Crippen MR) is 62.5 cm³/mol. The van der Waals surface area contributed by atoms with Gasteiger partial charge in [0.05, 0.1) is 6.04 Å². The highest BCUT2D eigenvalue weighted by Gasteiger charge is 2.30. The van der Waals surface area contributed by atoms with E-state index >= 15 is 0 Å². The van der Waals surface area contributed by atoms with E-state index in [0.29, 0.717) is 12.0 Å². The van der Waals surface area contributed by atoms with Gasteiger partial charge in [-0.1, -0.05) is 20.8 Å². The molecule has 1 fully saturated rings. The maximum Gasteiger partial charge on any atom is 0.239 e. The third kappa shape index (κ3) is 3.20. The highest BCUT2D eigenvalue weighted by molar-refractivity contribution is 5.82. The van der Waals surface area contributed by atoms with Crippen molar-refractivity contribution in [1.29, 1.82) is 0 Å². The van der Waals surface area contributed by atoms with Crippen LogP contribution in [0.4, 0.5) is 0 Å². The molecule has 1 amide bonds. The van der Waals surface area contributed by atoms with Crippen LogP contribution in [-0.4, -0.2) is 29.4 Å². The predicted octanol–water partition coefficient (Wildman–Crippen LogP) is 1.76. The first-order valence-corrected chi connectivity index (χ1v) is 6.12. The number of nitrogens with two attached hydrogens (primary N) is 1. The van der Waals surface area contributed by atoms with Gasteiger partial charge in [-0.3, -0.25) is 4.79 Å². The Balaban J connectivity index is 2.51. The van der Waals surface area contributed by atoms with Crippen LogP contribution in [0.3, 0.4) is 0 Å². The summed E-state index contributed by atoms with van der Waals surface area (Å²) in [6.07, 6.45) is 4.14. The van der Waals surface area contributed by atoms with E-state index in [1.807, 2.05) is 4.90 Å². The van der Waals surface area contributed by atoms with Crippen molar-refractivity contribution in [2.75, 3.05) is 6.54 Å². The maximum absolute atomic E-state index is 12.1. The zero-order valence-corrected chi connectivity index (χ0v) is 10.2. The van der Waals surface area contributed by atoms with Crippen LogP contribution in [0.15, 0.2) is 0 Å². The topological polar surface area (TPSA) is 46.3 Å². The van der Waals surface area contributed by atoms with E-state index in [2.05, 4.69) is 20.8 Å². The summed E-state index contributed by atoms with van der Waals surface area (Å²) < 4.78 is 0. The molecule has 1 aliphatic heterocycles. The van der Waals surface area contributed by atoms with Crippen LogP contribution in [0.1, 0.15) is 46.5 Å². The van der Waals surface area contributed by atoms with Gasteiger partial charge in [0.2, 0.25) is 5.91 Å². The summed E-state index contributed by atoms with van der Waals surface area (Å²) in [7, 11) is 0. The largest absolute Gasteiger partial charge is 0.338 e. The van der Waals surface area contributed by atoms with Crippen LogP contribution in [-0.2, 0) is 4.79 Å². The molecule has 88 valence electrons. The molecule has 0 aromatic heterocycles. The molecule has 0 spiro atoms. The molecule has 0 radical (unpaired) electrons. The Morgan fingerprint density at radius 2 is 2.20 bits per heavy atom. The molecule has 0 aliphatic carbocycles. The van der Waals surface area contributed by atoms with Crippen molar-refractivity contribution < 1.29 is 4.79 Å². The molecule has 1 unspecified atom stereocenters. The fourth-order valence-electron chi connectivity index (χ4n) is 2.37. The molecule has 1 heterocycles. The average molecular weight is 212 g/mol. The number of amides is 1. The van der Waals surface area contributed by atoms with Crippen molar-refractivity contribution in [2.45, 2.75) is 58.5 Å². The number of carbonyl (C=O) groups excluding carboxylic acids is 1. The first-order chi connectivity index (χ1) is 7.06. The summed E-state index contributed by atoms with van der Waals surface area (Å²) in [5.41, 5.74) is 5.92. The van der Waals surface area contributed by atoms with Crippen LogP contribution < -0.4 is 5.73 Å². The quantitative estimate of drug-likeness (QED) is 0.772. The Hall–Kier alpha value is -0.570. The molecular formula is C12H24N2O. The second-order valence-electron chi connectivity index (χ2n) is 4.97. The van der Waals surface area contributed by atoms with Crippen molar-refractivity contribution in [2.24, 2.45) is 11.7 Å². The van der Waals surface area contributed by atoms with Crippen molar-refractivity contribution in [3.8, 4) is 0 Å². The molecule has 2 N–H and O–H groups in total. The number of likely N-dealkylation sites (tertiary alicyclic amines) is 1. The van der Waals surface area contributed by atoms with Crippen LogP contribution in [0.5, 0.6) is 0 Å². The first kappa shape index (κ1) is 12.5. The lowest BCUT2D eigenvalue weighted by Crippen LogP contribution is -2.46. The van der Waals surface area contributed by atoms with Crippen molar-refractivity contribution in [1.82, 2.24) is 4.90 Å². The number of hydrogen-bond donors (Lipinski definition) is 1. The lowest BCUT2D eigenvalue weighted by atomic mass is 10.0. The van der Waals surface area contributed by atoms with E-state index in [4.69, 9.17) is 5.73 Å². The Bertz CT molecular complexity index is 216. The number of hydrogen-bond acceptors (Lipinski definition) is 2. The van der Waals surface area contributed by atoms with Crippen LogP contribution in [0, 0.1) is 5.92 Å². The molecular weight excluding hydrogens is 188 g/mol. The average Bonchev–Trinajstić information content (AvgIpc) is 2.62. The third-order valence-corrected chi connectivity index (χ3v) is 3.17. The van der Waals surface area contributed by atoms with Crippen LogP contribution in [0.25, 0.3) is 0 Å². The summed E-state index contributed by atoms with van der Waals surface area (Å²) in [6, 6.07) is 0.146. The van der Waals surface area contributed by atoms with E-state index in [9.17, 15) is 4.79 Å². The third-order valence-electron chi connectivity index (χ3n) is 3.17. The van der Waals surface area contributed by atoms with Crippen LogP contribution in [0.2, 0.25) is 0 Å². The van der Waals surface area contributed by atoms with Gasteiger partial charge in [-0.25, -0.2) is 0 Å². The van der Waals surface area contributed by atoms with E-state index in [-0.39, 0.29) is 11.9 Å². The highest BCUT2D eigenvalue weighted by atomic mass is 16.2. The molecule has 1 aliphatic rings. The van der Waals surface area contributed by atoms with Gasteiger partial charge in [0.25, 0.3) is 0 Å². The number of carbonyl (C=O) groups is 1. The fraction of sp³-hybridized carbons (Fsp3) is 0.917. The van der Waals surface area contributed by atoms with E-state index in [1.165, 1.54) is 0 Å². The van der Waals surface area contributed by atoms with Gasteiger partial charge in [0.15, 0.2) is 0 Å². The van der Waals surface area contributed by atoms with Gasteiger partial charge in [-0.2, -0.15) is 0 Å². The summed E-state index contributed by atoms with van der Waals surface area (Å²) >= 11 is 0. The Kier molecular flexibility index (Phi) is 4.58. The van der Waals surface area contributed by atoms with Crippen molar-refractivity contribution in [3.05, 3.63) is 0 Å². The van der Waals surface area contributed by atoms with Crippen LogP contribution >= 0.6 is 0 Å². The lowest BCUT2D eigenvalue weighted by molar-refractivity contribution is -0.133. The minimum atomic E-state index is -0.294. The number of nitrogens with zero attached hydrogens (tertiary/aromatic N) is 1. The van der Waals surface area contributed by atoms with Gasteiger partial charge < -0.3 is 10.6 Å². The molecule has 15 heavy (non-hydrogen) atoms. The van der Waals surface area contributed by atoms with Gasteiger partial charge in [0.1, 0.15) is 0 Å². The summed E-state index contributed by atoms with van der Waals surface area (Å²) in [4.78, 5) is 14.0.